The summed E-state index contributed by atoms with van der Waals surface area (Å²) in [6.07, 6.45) is 4.42. The average Bonchev–Trinajstić information content (AvgIpc) is 2.71. The van der Waals surface area contributed by atoms with Gasteiger partial charge < -0.3 is 9.67 Å². The zero-order chi connectivity index (χ0) is 14.3. The molecule has 0 atom stereocenters. The number of nitrogens with one attached hydrogen (secondary N) is 1. The molecule has 2 rings (SSSR count). The third-order valence-corrected chi connectivity index (χ3v) is 5.38. The van der Waals surface area contributed by atoms with E-state index in [0.29, 0.717) is 5.69 Å². The minimum absolute atomic E-state index is 0.116. The maximum Gasteiger partial charge on any atom is 0.242 e. The highest BCUT2D eigenvalue weighted by molar-refractivity contribution is 7.89. The van der Waals surface area contributed by atoms with E-state index in [1.54, 1.807) is 16.8 Å². The summed E-state index contributed by atoms with van der Waals surface area (Å²) in [6.45, 7) is 5.68. The summed E-state index contributed by atoms with van der Waals surface area (Å²) >= 11 is 0. The van der Waals surface area contributed by atoms with Gasteiger partial charge in [-0.3, -0.25) is 0 Å². The molecular formula is C13H22N2O3S. The number of aliphatic hydroxyl groups excluding tert-OH is 1. The lowest BCUT2D eigenvalue weighted by Gasteiger charge is -2.38. The molecule has 1 saturated carbocycles. The van der Waals surface area contributed by atoms with Crippen LogP contribution in [0.15, 0.2) is 17.2 Å². The van der Waals surface area contributed by atoms with Gasteiger partial charge in [-0.1, -0.05) is 0 Å². The number of hydrogen-bond donors (Lipinski definition) is 2. The second-order valence-corrected chi connectivity index (χ2v) is 7.53. The lowest BCUT2D eigenvalue weighted by Crippen LogP contribution is -2.50. The van der Waals surface area contributed by atoms with Crippen molar-refractivity contribution in [3.05, 3.63) is 18.0 Å². The largest absolute Gasteiger partial charge is 0.390 e. The summed E-state index contributed by atoms with van der Waals surface area (Å²) in [5.74, 6) is 0. The second kappa shape index (κ2) is 4.92. The molecule has 108 valence electrons. The van der Waals surface area contributed by atoms with Crippen molar-refractivity contribution < 1.29 is 13.5 Å². The molecule has 0 aliphatic heterocycles. The highest BCUT2D eigenvalue weighted by Gasteiger charge is 2.36. The Morgan fingerprint density at radius 1 is 1.47 bits per heavy atom. The SMILES string of the molecule is CC(C)n1cc(S(=O)(=O)NC2(C)CCC2)cc1CO. The van der Waals surface area contributed by atoms with E-state index in [2.05, 4.69) is 4.72 Å². The lowest BCUT2D eigenvalue weighted by atomic mass is 9.80. The van der Waals surface area contributed by atoms with Crippen LogP contribution in [0.4, 0.5) is 0 Å². The maximum absolute atomic E-state index is 12.3. The van der Waals surface area contributed by atoms with Gasteiger partial charge in [-0.25, -0.2) is 13.1 Å². The highest BCUT2D eigenvalue weighted by atomic mass is 32.2. The van der Waals surface area contributed by atoms with Crippen LogP contribution >= 0.6 is 0 Å². The molecule has 1 heterocycles. The van der Waals surface area contributed by atoms with Crippen LogP contribution < -0.4 is 4.72 Å². The van der Waals surface area contributed by atoms with E-state index in [0.717, 1.165) is 19.3 Å². The normalized spacial score (nSPS) is 18.6. The molecule has 0 bridgehead atoms. The van der Waals surface area contributed by atoms with Crippen molar-refractivity contribution in [3.63, 3.8) is 0 Å². The van der Waals surface area contributed by atoms with Crippen LogP contribution in [0.2, 0.25) is 0 Å². The Morgan fingerprint density at radius 2 is 2.11 bits per heavy atom. The molecule has 0 spiro atoms. The van der Waals surface area contributed by atoms with E-state index < -0.39 is 10.0 Å². The van der Waals surface area contributed by atoms with Gasteiger partial charge >= 0.3 is 0 Å². The number of nitrogens with zero attached hydrogens (tertiary/aromatic N) is 1. The Hall–Kier alpha value is -0.850. The zero-order valence-corrected chi connectivity index (χ0v) is 12.5. The zero-order valence-electron chi connectivity index (χ0n) is 11.7. The number of hydrogen-bond acceptors (Lipinski definition) is 3. The van der Waals surface area contributed by atoms with Crippen molar-refractivity contribution in [2.24, 2.45) is 0 Å². The predicted octanol–water partition coefficient (Wildman–Crippen LogP) is 1.78. The summed E-state index contributed by atoms with van der Waals surface area (Å²) < 4.78 is 29.2. The number of sulfonamides is 1. The van der Waals surface area contributed by atoms with Gasteiger partial charge in [0.15, 0.2) is 0 Å². The van der Waals surface area contributed by atoms with Gasteiger partial charge in [0.1, 0.15) is 4.90 Å². The Labute approximate surface area is 114 Å². The van der Waals surface area contributed by atoms with Gasteiger partial charge in [-0.05, 0) is 46.1 Å². The average molecular weight is 286 g/mol. The second-order valence-electron chi connectivity index (χ2n) is 5.85. The number of rotatable bonds is 5. The first-order valence-electron chi connectivity index (χ1n) is 6.63. The fraction of sp³-hybridized carbons (Fsp3) is 0.692. The van der Waals surface area contributed by atoms with Gasteiger partial charge in [0.2, 0.25) is 10.0 Å². The molecule has 19 heavy (non-hydrogen) atoms. The summed E-state index contributed by atoms with van der Waals surface area (Å²) in [4.78, 5) is 0.235. The monoisotopic (exact) mass is 286 g/mol. The molecule has 0 radical (unpaired) electrons. The van der Waals surface area contributed by atoms with E-state index in [1.165, 1.54) is 0 Å². The molecule has 0 aromatic carbocycles. The van der Waals surface area contributed by atoms with E-state index in [-0.39, 0.29) is 23.1 Å². The highest BCUT2D eigenvalue weighted by Crippen LogP contribution is 2.33. The van der Waals surface area contributed by atoms with Gasteiger partial charge in [-0.2, -0.15) is 0 Å². The molecule has 1 aromatic rings. The van der Waals surface area contributed by atoms with Crippen LogP contribution in [0.25, 0.3) is 0 Å². The van der Waals surface area contributed by atoms with Crippen LogP contribution in [0.1, 0.15) is 51.8 Å². The predicted molar refractivity (Wildman–Crippen MR) is 73.3 cm³/mol. The van der Waals surface area contributed by atoms with Gasteiger partial charge in [0, 0.05) is 23.5 Å². The summed E-state index contributed by atoms with van der Waals surface area (Å²) in [5.41, 5.74) is 0.312. The molecule has 0 unspecified atom stereocenters. The Bertz CT molecular complexity index is 556. The lowest BCUT2D eigenvalue weighted by molar-refractivity contribution is 0.248. The summed E-state index contributed by atoms with van der Waals surface area (Å²) in [7, 11) is -3.51. The third kappa shape index (κ3) is 2.85. The van der Waals surface area contributed by atoms with Crippen molar-refractivity contribution in [1.82, 2.24) is 9.29 Å². The molecule has 1 aliphatic carbocycles. The van der Waals surface area contributed by atoms with Crippen molar-refractivity contribution in [2.45, 2.75) is 63.1 Å². The minimum atomic E-state index is -3.51. The molecule has 5 nitrogen and oxygen atoms in total. The third-order valence-electron chi connectivity index (χ3n) is 3.77. The Morgan fingerprint density at radius 3 is 2.47 bits per heavy atom. The molecule has 2 N–H and O–H groups in total. The molecule has 1 aliphatic rings. The fourth-order valence-corrected chi connectivity index (χ4v) is 3.96. The summed E-state index contributed by atoms with van der Waals surface area (Å²) in [5, 5.41) is 9.30. The first-order valence-corrected chi connectivity index (χ1v) is 8.11. The standard InChI is InChI=1S/C13H22N2O3S/c1-10(2)15-8-12(7-11(15)9-16)19(17,18)14-13(3)5-4-6-13/h7-8,10,14,16H,4-6,9H2,1-3H3. The molecule has 1 aromatic heterocycles. The van der Waals surface area contributed by atoms with Crippen LogP contribution in [0.5, 0.6) is 0 Å². The van der Waals surface area contributed by atoms with Crippen molar-refractivity contribution >= 4 is 10.0 Å². The van der Waals surface area contributed by atoms with E-state index >= 15 is 0 Å². The van der Waals surface area contributed by atoms with Gasteiger partial charge in [0.05, 0.1) is 6.61 Å². The van der Waals surface area contributed by atoms with E-state index in [9.17, 15) is 13.5 Å². The van der Waals surface area contributed by atoms with Gasteiger partial charge in [-0.15, -0.1) is 0 Å². The van der Waals surface area contributed by atoms with Gasteiger partial charge in [0.25, 0.3) is 0 Å². The van der Waals surface area contributed by atoms with Crippen LogP contribution in [-0.2, 0) is 16.6 Å². The maximum atomic E-state index is 12.3. The molecule has 0 amide bonds. The van der Waals surface area contributed by atoms with Crippen LogP contribution in [0, 0.1) is 0 Å². The molecular weight excluding hydrogens is 264 g/mol. The van der Waals surface area contributed by atoms with Crippen LogP contribution in [-0.4, -0.2) is 23.6 Å². The Balaban J connectivity index is 2.30. The Kier molecular flexibility index (Phi) is 3.77. The van der Waals surface area contributed by atoms with E-state index in [1.807, 2.05) is 20.8 Å². The summed E-state index contributed by atoms with van der Waals surface area (Å²) in [6, 6.07) is 1.66. The fourth-order valence-electron chi connectivity index (χ4n) is 2.44. The van der Waals surface area contributed by atoms with E-state index in [4.69, 9.17) is 0 Å². The van der Waals surface area contributed by atoms with Crippen molar-refractivity contribution in [1.29, 1.82) is 0 Å². The smallest absolute Gasteiger partial charge is 0.242 e. The number of aliphatic hydroxyl groups is 1. The topological polar surface area (TPSA) is 71.3 Å². The molecule has 6 heteroatoms. The molecule has 1 fully saturated rings. The van der Waals surface area contributed by atoms with Crippen molar-refractivity contribution in [3.8, 4) is 0 Å². The molecule has 0 saturated heterocycles. The minimum Gasteiger partial charge on any atom is -0.390 e. The van der Waals surface area contributed by atoms with Crippen LogP contribution in [0.3, 0.4) is 0 Å². The quantitative estimate of drug-likeness (QED) is 0.866. The van der Waals surface area contributed by atoms with Crippen molar-refractivity contribution in [2.75, 3.05) is 0 Å². The first kappa shape index (κ1) is 14.6. The first-order chi connectivity index (χ1) is 8.77. The number of aromatic nitrogens is 1.